The van der Waals surface area contributed by atoms with Crippen molar-refractivity contribution in [2.75, 3.05) is 36.4 Å². The van der Waals surface area contributed by atoms with Crippen LogP contribution >= 0.6 is 0 Å². The Morgan fingerprint density at radius 3 is 2.68 bits per heavy atom. The van der Waals surface area contributed by atoms with Crippen molar-refractivity contribution in [3.8, 4) is 0 Å². The van der Waals surface area contributed by atoms with Gasteiger partial charge in [-0.25, -0.2) is 4.98 Å². The zero-order valence-electron chi connectivity index (χ0n) is 13.3. The minimum atomic E-state index is 0.668. The highest BCUT2D eigenvalue weighted by atomic mass is 15.2. The van der Waals surface area contributed by atoms with Crippen molar-refractivity contribution in [3.05, 3.63) is 41.6 Å². The van der Waals surface area contributed by atoms with Crippen molar-refractivity contribution < 1.29 is 0 Å². The summed E-state index contributed by atoms with van der Waals surface area (Å²) in [5.74, 6) is 1.72. The van der Waals surface area contributed by atoms with E-state index < -0.39 is 0 Å². The summed E-state index contributed by atoms with van der Waals surface area (Å²) >= 11 is 0. The lowest BCUT2D eigenvalue weighted by molar-refractivity contribution is 0.724. The van der Waals surface area contributed by atoms with Gasteiger partial charge in [-0.05, 0) is 38.9 Å². The first-order valence-corrected chi connectivity index (χ1v) is 7.87. The number of anilines is 3. The molecule has 0 amide bonds. The Bertz CT molecular complexity index is 618. The van der Waals surface area contributed by atoms with Gasteiger partial charge in [0.2, 0.25) is 5.95 Å². The van der Waals surface area contributed by atoms with Gasteiger partial charge < -0.3 is 15.5 Å². The molecular formula is C17H23N5. The fourth-order valence-corrected chi connectivity index (χ4v) is 2.69. The topological polar surface area (TPSA) is 53.1 Å². The number of aromatic nitrogens is 2. The molecule has 1 aliphatic heterocycles. The molecule has 2 aromatic rings. The van der Waals surface area contributed by atoms with Gasteiger partial charge in [0.25, 0.3) is 0 Å². The summed E-state index contributed by atoms with van der Waals surface area (Å²) in [5, 5.41) is 6.74. The Labute approximate surface area is 131 Å². The van der Waals surface area contributed by atoms with Gasteiger partial charge in [-0.2, -0.15) is 4.98 Å². The largest absolute Gasteiger partial charge is 0.355 e. The Kier molecular flexibility index (Phi) is 4.53. The molecule has 0 atom stereocenters. The predicted octanol–water partition coefficient (Wildman–Crippen LogP) is 2.64. The summed E-state index contributed by atoms with van der Waals surface area (Å²) in [6.07, 6.45) is 1.14. The normalized spacial score (nSPS) is 15.5. The molecule has 0 spiro atoms. The molecule has 1 aromatic carbocycles. The van der Waals surface area contributed by atoms with Crippen LogP contribution in [0.15, 0.2) is 30.3 Å². The maximum Gasteiger partial charge on any atom is 0.229 e. The molecule has 2 heterocycles. The SMILES string of the molecule is Cc1nc(Nc2ccccc2)nc(N2CCCNCC2)c1C. The third-order valence-electron chi connectivity index (χ3n) is 4.03. The summed E-state index contributed by atoms with van der Waals surface area (Å²) in [4.78, 5) is 11.7. The lowest BCUT2D eigenvalue weighted by Crippen LogP contribution is -2.29. The molecular weight excluding hydrogens is 274 g/mol. The number of benzene rings is 1. The van der Waals surface area contributed by atoms with Gasteiger partial charge >= 0.3 is 0 Å². The van der Waals surface area contributed by atoms with Crippen molar-refractivity contribution in [2.24, 2.45) is 0 Å². The first-order chi connectivity index (χ1) is 10.7. The average Bonchev–Trinajstić information content (AvgIpc) is 2.81. The number of hydrogen-bond donors (Lipinski definition) is 2. The smallest absolute Gasteiger partial charge is 0.229 e. The highest BCUT2D eigenvalue weighted by molar-refractivity contribution is 5.58. The Morgan fingerprint density at radius 1 is 1.05 bits per heavy atom. The molecule has 5 nitrogen and oxygen atoms in total. The molecule has 0 unspecified atom stereocenters. The lowest BCUT2D eigenvalue weighted by atomic mass is 10.2. The van der Waals surface area contributed by atoms with Crippen LogP contribution in [0.3, 0.4) is 0 Å². The maximum atomic E-state index is 4.77. The van der Waals surface area contributed by atoms with E-state index in [1.165, 1.54) is 5.56 Å². The third-order valence-corrected chi connectivity index (χ3v) is 4.03. The zero-order chi connectivity index (χ0) is 15.4. The number of para-hydroxylation sites is 1. The van der Waals surface area contributed by atoms with Gasteiger partial charge in [0.1, 0.15) is 5.82 Å². The molecule has 5 heteroatoms. The lowest BCUT2D eigenvalue weighted by Gasteiger charge is -2.24. The van der Waals surface area contributed by atoms with Crippen LogP contribution in [-0.4, -0.2) is 36.1 Å². The first-order valence-electron chi connectivity index (χ1n) is 7.87. The van der Waals surface area contributed by atoms with Crippen molar-refractivity contribution >= 4 is 17.5 Å². The van der Waals surface area contributed by atoms with Crippen LogP contribution in [0, 0.1) is 13.8 Å². The van der Waals surface area contributed by atoms with Gasteiger partial charge in [-0.3, -0.25) is 0 Å². The van der Waals surface area contributed by atoms with E-state index in [-0.39, 0.29) is 0 Å². The average molecular weight is 297 g/mol. The Hall–Kier alpha value is -2.14. The second-order valence-corrected chi connectivity index (χ2v) is 5.66. The van der Waals surface area contributed by atoms with Gasteiger partial charge in [0.15, 0.2) is 0 Å². The van der Waals surface area contributed by atoms with Crippen molar-refractivity contribution in [3.63, 3.8) is 0 Å². The van der Waals surface area contributed by atoms with E-state index in [4.69, 9.17) is 4.98 Å². The molecule has 0 bridgehead atoms. The van der Waals surface area contributed by atoms with Crippen LogP contribution in [-0.2, 0) is 0 Å². The standard InChI is InChI=1S/C17H23N5/c1-13-14(2)19-17(20-15-7-4-3-5-8-15)21-16(13)22-11-6-9-18-10-12-22/h3-5,7-8,18H,6,9-12H2,1-2H3,(H,19,20,21). The predicted molar refractivity (Wildman–Crippen MR) is 90.9 cm³/mol. The molecule has 0 aliphatic carbocycles. The number of rotatable bonds is 3. The number of hydrogen-bond acceptors (Lipinski definition) is 5. The summed E-state index contributed by atoms with van der Waals surface area (Å²) in [7, 11) is 0. The van der Waals surface area contributed by atoms with E-state index >= 15 is 0 Å². The van der Waals surface area contributed by atoms with Gasteiger partial charge in [0.05, 0.1) is 0 Å². The number of nitrogens with one attached hydrogen (secondary N) is 2. The minimum absolute atomic E-state index is 0.668. The molecule has 22 heavy (non-hydrogen) atoms. The summed E-state index contributed by atoms with van der Waals surface area (Å²) in [5.41, 5.74) is 3.20. The van der Waals surface area contributed by atoms with Crippen LogP contribution in [0.25, 0.3) is 0 Å². The van der Waals surface area contributed by atoms with Crippen LogP contribution in [0.1, 0.15) is 17.7 Å². The second kappa shape index (κ2) is 6.75. The molecule has 3 rings (SSSR count). The minimum Gasteiger partial charge on any atom is -0.355 e. The van der Waals surface area contributed by atoms with Crippen LogP contribution in [0.2, 0.25) is 0 Å². The van der Waals surface area contributed by atoms with E-state index in [0.717, 1.165) is 49.8 Å². The summed E-state index contributed by atoms with van der Waals surface area (Å²) in [6, 6.07) is 10.1. The van der Waals surface area contributed by atoms with Gasteiger partial charge in [-0.15, -0.1) is 0 Å². The van der Waals surface area contributed by atoms with Crippen molar-refractivity contribution in [2.45, 2.75) is 20.3 Å². The van der Waals surface area contributed by atoms with Crippen LogP contribution in [0.5, 0.6) is 0 Å². The second-order valence-electron chi connectivity index (χ2n) is 5.66. The van der Waals surface area contributed by atoms with Crippen molar-refractivity contribution in [1.82, 2.24) is 15.3 Å². The number of aryl methyl sites for hydroxylation is 1. The van der Waals surface area contributed by atoms with E-state index in [9.17, 15) is 0 Å². The molecule has 1 aliphatic rings. The monoisotopic (exact) mass is 297 g/mol. The fraction of sp³-hybridized carbons (Fsp3) is 0.412. The van der Waals surface area contributed by atoms with Crippen LogP contribution in [0.4, 0.5) is 17.5 Å². The van der Waals surface area contributed by atoms with Crippen LogP contribution < -0.4 is 15.5 Å². The molecule has 116 valence electrons. The van der Waals surface area contributed by atoms with E-state index in [2.05, 4.69) is 27.4 Å². The van der Waals surface area contributed by atoms with E-state index in [0.29, 0.717) is 5.95 Å². The maximum absolute atomic E-state index is 4.77. The Balaban J connectivity index is 1.89. The molecule has 1 aromatic heterocycles. The third kappa shape index (κ3) is 3.36. The van der Waals surface area contributed by atoms with E-state index in [1.54, 1.807) is 0 Å². The summed E-state index contributed by atoms with van der Waals surface area (Å²) < 4.78 is 0. The van der Waals surface area contributed by atoms with Gasteiger partial charge in [0, 0.05) is 36.6 Å². The highest BCUT2D eigenvalue weighted by Crippen LogP contribution is 2.23. The molecule has 0 radical (unpaired) electrons. The molecule has 1 saturated heterocycles. The van der Waals surface area contributed by atoms with Crippen molar-refractivity contribution in [1.29, 1.82) is 0 Å². The Morgan fingerprint density at radius 2 is 1.86 bits per heavy atom. The zero-order valence-corrected chi connectivity index (χ0v) is 13.3. The quantitative estimate of drug-likeness (QED) is 0.912. The first kappa shape index (κ1) is 14.8. The number of nitrogens with zero attached hydrogens (tertiary/aromatic N) is 3. The highest BCUT2D eigenvalue weighted by Gasteiger charge is 2.16. The molecule has 2 N–H and O–H groups in total. The molecule has 0 saturated carbocycles. The van der Waals surface area contributed by atoms with Gasteiger partial charge in [-0.1, -0.05) is 18.2 Å². The summed E-state index contributed by atoms with van der Waals surface area (Å²) in [6.45, 7) is 8.26. The van der Waals surface area contributed by atoms with E-state index in [1.807, 2.05) is 37.3 Å². The fourth-order valence-electron chi connectivity index (χ4n) is 2.69. The molecule has 1 fully saturated rings.